The van der Waals surface area contributed by atoms with Gasteiger partial charge < -0.3 is 36.9 Å². The minimum Gasteiger partial charge on any atom is -0.481 e. The number of aromatic nitrogens is 1. The minimum atomic E-state index is -1.23. The summed E-state index contributed by atoms with van der Waals surface area (Å²) in [6.45, 7) is 4.88. The van der Waals surface area contributed by atoms with Crippen LogP contribution in [-0.2, 0) is 30.4 Å². The van der Waals surface area contributed by atoms with Gasteiger partial charge in [-0.1, -0.05) is 38.5 Å². The zero-order valence-electron chi connectivity index (χ0n) is 21.1. The Morgan fingerprint density at radius 1 is 0.973 bits per heavy atom. The number of hydrogen-bond acceptors (Lipinski definition) is 6. The fraction of sp³-hybridized carbons (Fsp3) is 0.480. The average Bonchev–Trinajstić information content (AvgIpc) is 3.27. The van der Waals surface area contributed by atoms with Crippen molar-refractivity contribution in [2.45, 2.75) is 70.6 Å². The fourth-order valence-electron chi connectivity index (χ4n) is 3.74. The van der Waals surface area contributed by atoms with E-state index in [0.717, 1.165) is 16.5 Å². The van der Waals surface area contributed by atoms with Gasteiger partial charge in [0.2, 0.25) is 17.7 Å². The Morgan fingerprint density at radius 3 is 2.27 bits per heavy atom. The zero-order chi connectivity index (χ0) is 27.7. The normalized spacial score (nSPS) is 15.1. The molecule has 0 spiro atoms. The number of fused-ring (bicyclic) bond motifs is 1. The maximum absolute atomic E-state index is 13.3. The minimum absolute atomic E-state index is 0.0627. The van der Waals surface area contributed by atoms with Gasteiger partial charge in [-0.2, -0.15) is 0 Å². The van der Waals surface area contributed by atoms with Crippen LogP contribution in [0.15, 0.2) is 30.5 Å². The summed E-state index contributed by atoms with van der Waals surface area (Å²) < 4.78 is 0. The van der Waals surface area contributed by atoms with Crippen LogP contribution in [0.5, 0.6) is 0 Å². The third-order valence-electron chi connectivity index (χ3n) is 6.26. The quantitative estimate of drug-likeness (QED) is 0.188. The fourth-order valence-corrected chi connectivity index (χ4v) is 3.74. The number of nitrogens with two attached hydrogens (primary N) is 1. The summed E-state index contributed by atoms with van der Waals surface area (Å²) in [7, 11) is 0. The van der Waals surface area contributed by atoms with Crippen molar-refractivity contribution in [3.05, 3.63) is 36.0 Å². The highest BCUT2D eigenvalue weighted by Crippen LogP contribution is 2.19. The number of carbonyl (C=O) groups excluding carboxylic acids is 3. The molecule has 3 amide bonds. The molecule has 0 bridgehead atoms. The first kappa shape index (κ1) is 29.3. The van der Waals surface area contributed by atoms with Gasteiger partial charge in [0, 0.05) is 29.9 Å². The van der Waals surface area contributed by atoms with Crippen molar-refractivity contribution in [3.8, 4) is 0 Å². The molecule has 0 saturated heterocycles. The van der Waals surface area contributed by atoms with Gasteiger partial charge in [-0.25, -0.2) is 0 Å². The summed E-state index contributed by atoms with van der Waals surface area (Å²) in [6.07, 6.45) is 1.89. The molecule has 5 unspecified atom stereocenters. The van der Waals surface area contributed by atoms with E-state index in [-0.39, 0.29) is 25.2 Å². The molecule has 12 nitrogen and oxygen atoms in total. The maximum Gasteiger partial charge on any atom is 0.325 e. The summed E-state index contributed by atoms with van der Waals surface area (Å²) in [5.41, 5.74) is 7.37. The summed E-state index contributed by atoms with van der Waals surface area (Å²) >= 11 is 0. The van der Waals surface area contributed by atoms with Crippen molar-refractivity contribution in [1.29, 1.82) is 0 Å². The number of carboxylic acids is 2. The number of para-hydroxylation sites is 1. The molecular weight excluding hydrogens is 482 g/mol. The van der Waals surface area contributed by atoms with Gasteiger partial charge >= 0.3 is 11.9 Å². The van der Waals surface area contributed by atoms with Crippen molar-refractivity contribution >= 4 is 40.6 Å². The van der Waals surface area contributed by atoms with Gasteiger partial charge in [0.15, 0.2) is 0 Å². The molecule has 37 heavy (non-hydrogen) atoms. The number of rotatable bonds is 14. The van der Waals surface area contributed by atoms with Gasteiger partial charge in [-0.3, -0.25) is 24.0 Å². The van der Waals surface area contributed by atoms with Crippen LogP contribution in [0, 0.1) is 5.92 Å². The van der Waals surface area contributed by atoms with Gasteiger partial charge in [0.05, 0.1) is 6.04 Å². The molecule has 0 saturated carbocycles. The van der Waals surface area contributed by atoms with Crippen LogP contribution >= 0.6 is 0 Å². The SMILES string of the molecule is CCC(C)C(NC(=O)C(N)CCC(=O)O)C(=O)NC(Cc1c[nH]c2ccccc12)C(=O)NC(C)C(=O)O. The Balaban J connectivity index is 2.26. The molecule has 202 valence electrons. The Hall–Kier alpha value is -3.93. The van der Waals surface area contributed by atoms with Gasteiger partial charge in [0.1, 0.15) is 18.1 Å². The smallest absolute Gasteiger partial charge is 0.325 e. The number of aromatic amines is 1. The molecule has 0 aliphatic carbocycles. The van der Waals surface area contributed by atoms with E-state index < -0.39 is 53.8 Å². The van der Waals surface area contributed by atoms with Crippen LogP contribution in [-0.4, -0.2) is 69.0 Å². The number of benzene rings is 1. The number of amides is 3. The third-order valence-corrected chi connectivity index (χ3v) is 6.26. The number of aliphatic carboxylic acids is 2. The first-order valence-electron chi connectivity index (χ1n) is 12.1. The van der Waals surface area contributed by atoms with E-state index in [2.05, 4.69) is 20.9 Å². The molecule has 2 aromatic rings. The second-order valence-corrected chi connectivity index (χ2v) is 9.10. The molecular formula is C25H35N5O7. The average molecular weight is 518 g/mol. The molecule has 5 atom stereocenters. The highest BCUT2D eigenvalue weighted by atomic mass is 16.4. The zero-order valence-corrected chi connectivity index (χ0v) is 21.1. The van der Waals surface area contributed by atoms with Crippen molar-refractivity contribution in [2.24, 2.45) is 11.7 Å². The summed E-state index contributed by atoms with van der Waals surface area (Å²) in [5.74, 6) is -4.69. The molecule has 0 fully saturated rings. The predicted molar refractivity (Wildman–Crippen MR) is 135 cm³/mol. The Morgan fingerprint density at radius 2 is 1.65 bits per heavy atom. The van der Waals surface area contributed by atoms with Crippen LogP contribution in [0.3, 0.4) is 0 Å². The van der Waals surface area contributed by atoms with E-state index in [1.807, 2.05) is 31.2 Å². The largest absolute Gasteiger partial charge is 0.481 e. The highest BCUT2D eigenvalue weighted by molar-refractivity contribution is 5.95. The monoisotopic (exact) mass is 517 g/mol. The molecule has 2 rings (SSSR count). The topological polar surface area (TPSA) is 204 Å². The summed E-state index contributed by atoms with van der Waals surface area (Å²) in [4.78, 5) is 64.1. The van der Waals surface area contributed by atoms with E-state index >= 15 is 0 Å². The first-order chi connectivity index (χ1) is 17.4. The Kier molecular flexibility index (Phi) is 10.6. The second kappa shape index (κ2) is 13.4. The number of hydrogen-bond donors (Lipinski definition) is 7. The molecule has 1 aromatic carbocycles. The van der Waals surface area contributed by atoms with Gasteiger partial charge in [-0.15, -0.1) is 0 Å². The number of carbonyl (C=O) groups is 5. The van der Waals surface area contributed by atoms with Crippen molar-refractivity contribution in [2.75, 3.05) is 0 Å². The van der Waals surface area contributed by atoms with Crippen molar-refractivity contribution in [3.63, 3.8) is 0 Å². The summed E-state index contributed by atoms with van der Waals surface area (Å²) in [5, 5.41) is 26.5. The van der Waals surface area contributed by atoms with Crippen molar-refractivity contribution in [1.82, 2.24) is 20.9 Å². The molecule has 0 aliphatic rings. The lowest BCUT2D eigenvalue weighted by molar-refractivity contribution is -0.142. The Labute approximate surface area is 214 Å². The van der Waals surface area contributed by atoms with Crippen LogP contribution in [0.25, 0.3) is 10.9 Å². The molecule has 1 aromatic heterocycles. The summed E-state index contributed by atoms with van der Waals surface area (Å²) in [6, 6.07) is 2.90. The van der Waals surface area contributed by atoms with Crippen molar-refractivity contribution < 1.29 is 34.2 Å². The molecule has 0 radical (unpaired) electrons. The lowest BCUT2D eigenvalue weighted by Gasteiger charge is -2.27. The number of carboxylic acid groups (broad SMARTS) is 2. The molecule has 12 heteroatoms. The lowest BCUT2D eigenvalue weighted by atomic mass is 9.96. The molecule has 8 N–H and O–H groups in total. The van der Waals surface area contributed by atoms with Crippen LogP contribution in [0.2, 0.25) is 0 Å². The molecule has 1 heterocycles. The van der Waals surface area contributed by atoms with E-state index in [0.29, 0.717) is 6.42 Å². The van der Waals surface area contributed by atoms with Crippen LogP contribution in [0.1, 0.15) is 45.6 Å². The highest BCUT2D eigenvalue weighted by Gasteiger charge is 2.32. The second-order valence-electron chi connectivity index (χ2n) is 9.10. The van der Waals surface area contributed by atoms with E-state index in [1.165, 1.54) is 6.92 Å². The number of nitrogens with one attached hydrogen (secondary N) is 4. The maximum atomic E-state index is 13.3. The van der Waals surface area contributed by atoms with Gasteiger partial charge in [-0.05, 0) is 30.9 Å². The van der Waals surface area contributed by atoms with E-state index in [9.17, 15) is 29.1 Å². The standard InChI is InChI=1S/C25H35N5O7/c1-4-13(2)21(30-22(33)17(26)9-10-20(31)32)24(35)29-19(23(34)28-14(3)25(36)37)11-15-12-27-18-8-6-5-7-16(15)18/h5-8,12-14,17,19,21,27H,4,9-11,26H2,1-3H3,(H,28,34)(H,29,35)(H,30,33)(H,31,32)(H,36,37). The lowest BCUT2D eigenvalue weighted by Crippen LogP contribution is -2.58. The first-order valence-corrected chi connectivity index (χ1v) is 12.1. The molecule has 0 aliphatic heterocycles. The van der Waals surface area contributed by atoms with Gasteiger partial charge in [0.25, 0.3) is 0 Å². The third kappa shape index (κ3) is 8.31. The predicted octanol–water partition coefficient (Wildman–Crippen LogP) is 0.508. The van der Waals surface area contributed by atoms with E-state index in [4.69, 9.17) is 10.8 Å². The number of H-pyrrole nitrogens is 1. The van der Waals surface area contributed by atoms with Crippen LogP contribution in [0.4, 0.5) is 0 Å². The van der Waals surface area contributed by atoms with E-state index in [1.54, 1.807) is 13.1 Å². The Bertz CT molecular complexity index is 1130. The van der Waals surface area contributed by atoms with Crippen LogP contribution < -0.4 is 21.7 Å².